The molecule has 0 amide bonds. The van der Waals surface area contributed by atoms with Crippen LogP contribution in [0.25, 0.3) is 3.58 Å². The zero-order valence-corrected chi connectivity index (χ0v) is 9.41. The van der Waals surface area contributed by atoms with E-state index in [0.29, 0.717) is 0 Å². The van der Waals surface area contributed by atoms with Crippen molar-refractivity contribution in [2.24, 2.45) is 0 Å². The third-order valence-electron chi connectivity index (χ3n) is 1.66. The smallest absolute Gasteiger partial charge is 0.0162 e. The van der Waals surface area contributed by atoms with Crippen molar-refractivity contribution < 1.29 is 0 Å². The molecule has 0 N–H and O–H groups in total. The van der Waals surface area contributed by atoms with E-state index >= 15 is 0 Å². The lowest BCUT2D eigenvalue weighted by molar-refractivity contribution is 0.962. The van der Waals surface area contributed by atoms with Crippen molar-refractivity contribution in [2.75, 3.05) is 0 Å². The van der Waals surface area contributed by atoms with E-state index in [-0.39, 0.29) is 0 Å². The Morgan fingerprint density at radius 1 is 1.33 bits per heavy atom. The molecule has 0 unspecified atom stereocenters. The van der Waals surface area contributed by atoms with Crippen molar-refractivity contribution >= 4 is 26.2 Å². The van der Waals surface area contributed by atoms with Gasteiger partial charge in [0, 0.05) is 3.58 Å². The minimum atomic E-state index is 1.17. The van der Waals surface area contributed by atoms with Gasteiger partial charge < -0.3 is 0 Å². The van der Waals surface area contributed by atoms with Crippen LogP contribution in [0.1, 0.15) is 25.3 Å². The number of hydrogen-bond donors (Lipinski definition) is 0. The van der Waals surface area contributed by atoms with Gasteiger partial charge in [0.25, 0.3) is 0 Å². The van der Waals surface area contributed by atoms with Crippen LogP contribution in [0.4, 0.5) is 0 Å². The Morgan fingerprint density at radius 3 is 2.58 bits per heavy atom. The lowest BCUT2D eigenvalue weighted by atomic mass is 10.2. The van der Waals surface area contributed by atoms with E-state index in [0.717, 1.165) is 0 Å². The molecule has 0 fully saturated rings. The molecule has 0 aromatic heterocycles. The molecule has 1 rings (SSSR count). The average Bonchev–Trinajstić information content (AvgIpc) is 2.15. The number of benzene rings is 1. The molecule has 0 saturated heterocycles. The summed E-state index contributed by atoms with van der Waals surface area (Å²) in [6, 6.07) is 10.5. The molecule has 0 nitrogen and oxygen atoms in total. The Kier molecular flexibility index (Phi) is 4.36. The Morgan fingerprint density at radius 2 is 2.00 bits per heavy atom. The van der Waals surface area contributed by atoms with Crippen molar-refractivity contribution in [3.8, 4) is 0 Å². The van der Waals surface area contributed by atoms with E-state index in [1.807, 2.05) is 6.07 Å². The van der Waals surface area contributed by atoms with Crippen LogP contribution < -0.4 is 0 Å². The summed E-state index contributed by atoms with van der Waals surface area (Å²) in [5.41, 5.74) is 1.33. The van der Waals surface area contributed by atoms with Crippen LogP contribution in [0.3, 0.4) is 0 Å². The summed E-state index contributed by atoms with van der Waals surface area (Å²) in [5, 5.41) is 0. The molecule has 0 aliphatic rings. The van der Waals surface area contributed by atoms with Crippen LogP contribution in [0.5, 0.6) is 0 Å². The van der Waals surface area contributed by atoms with Gasteiger partial charge in [-0.1, -0.05) is 49.8 Å². The molecule has 0 heterocycles. The predicted octanol–water partition coefficient (Wildman–Crippen LogP) is 4.26. The van der Waals surface area contributed by atoms with E-state index in [1.165, 1.54) is 22.0 Å². The van der Waals surface area contributed by atoms with Crippen LogP contribution in [0.2, 0.25) is 0 Å². The molecule has 64 valence electrons. The highest BCUT2D eigenvalue weighted by molar-refractivity contribution is 14.1. The topological polar surface area (TPSA) is 0 Å². The quantitative estimate of drug-likeness (QED) is 0.721. The van der Waals surface area contributed by atoms with E-state index in [9.17, 15) is 0 Å². The van der Waals surface area contributed by atoms with Gasteiger partial charge in [-0.05, 0) is 34.6 Å². The number of hydrogen-bond acceptors (Lipinski definition) is 0. The first kappa shape index (κ1) is 9.78. The van der Waals surface area contributed by atoms with Gasteiger partial charge >= 0.3 is 0 Å². The molecule has 0 spiro atoms. The zero-order valence-electron chi connectivity index (χ0n) is 7.26. The molecule has 1 heteroatoms. The van der Waals surface area contributed by atoms with E-state index in [2.05, 4.69) is 59.9 Å². The highest BCUT2D eigenvalue weighted by Gasteiger charge is 1.93. The maximum Gasteiger partial charge on any atom is 0.0162 e. The molecule has 0 saturated carbocycles. The number of halogens is 1. The maximum absolute atomic E-state index is 2.39. The van der Waals surface area contributed by atoms with Gasteiger partial charge in [-0.15, -0.1) is 0 Å². The lowest BCUT2D eigenvalue weighted by Gasteiger charge is -1.97. The molecule has 1 aromatic rings. The van der Waals surface area contributed by atoms with Crippen molar-refractivity contribution in [1.82, 2.24) is 0 Å². The van der Waals surface area contributed by atoms with Crippen LogP contribution in [-0.2, 0) is 0 Å². The van der Waals surface area contributed by atoms with Crippen molar-refractivity contribution in [1.29, 1.82) is 0 Å². The first-order chi connectivity index (χ1) is 5.84. The van der Waals surface area contributed by atoms with Crippen LogP contribution >= 0.6 is 22.6 Å². The SMILES string of the molecule is CCC/C=C(/I)c1ccccc1. The van der Waals surface area contributed by atoms with Crippen LogP contribution in [0, 0.1) is 0 Å². The number of allylic oxidation sites excluding steroid dienone is 1. The van der Waals surface area contributed by atoms with Gasteiger partial charge in [-0.25, -0.2) is 0 Å². The third kappa shape index (κ3) is 2.97. The van der Waals surface area contributed by atoms with Crippen molar-refractivity contribution in [3.05, 3.63) is 42.0 Å². The van der Waals surface area contributed by atoms with Crippen molar-refractivity contribution in [2.45, 2.75) is 19.8 Å². The molecular formula is C11H13I. The first-order valence-electron chi connectivity index (χ1n) is 4.25. The van der Waals surface area contributed by atoms with Gasteiger partial charge in [-0.2, -0.15) is 0 Å². The molecular weight excluding hydrogens is 259 g/mol. The summed E-state index contributed by atoms with van der Waals surface area (Å²) < 4.78 is 1.36. The molecule has 0 aliphatic carbocycles. The van der Waals surface area contributed by atoms with Gasteiger partial charge in [0.1, 0.15) is 0 Å². The molecule has 0 aliphatic heterocycles. The maximum atomic E-state index is 2.39. The zero-order chi connectivity index (χ0) is 8.81. The number of unbranched alkanes of at least 4 members (excludes halogenated alkanes) is 1. The van der Waals surface area contributed by atoms with E-state index in [4.69, 9.17) is 0 Å². The third-order valence-corrected chi connectivity index (χ3v) is 2.73. The van der Waals surface area contributed by atoms with Gasteiger partial charge in [0.2, 0.25) is 0 Å². The highest BCUT2D eigenvalue weighted by Crippen LogP contribution is 2.21. The summed E-state index contributed by atoms with van der Waals surface area (Å²) in [7, 11) is 0. The second-order valence-corrected chi connectivity index (χ2v) is 3.87. The summed E-state index contributed by atoms with van der Waals surface area (Å²) in [4.78, 5) is 0. The molecule has 12 heavy (non-hydrogen) atoms. The van der Waals surface area contributed by atoms with E-state index in [1.54, 1.807) is 0 Å². The van der Waals surface area contributed by atoms with Gasteiger partial charge in [-0.3, -0.25) is 0 Å². The molecule has 0 radical (unpaired) electrons. The molecule has 0 bridgehead atoms. The monoisotopic (exact) mass is 272 g/mol. The van der Waals surface area contributed by atoms with Crippen LogP contribution in [0.15, 0.2) is 36.4 Å². The fraction of sp³-hybridized carbons (Fsp3) is 0.273. The summed E-state index contributed by atoms with van der Waals surface area (Å²) in [6.07, 6.45) is 4.68. The van der Waals surface area contributed by atoms with Gasteiger partial charge in [0.15, 0.2) is 0 Å². The highest BCUT2D eigenvalue weighted by atomic mass is 127. The van der Waals surface area contributed by atoms with Crippen molar-refractivity contribution in [3.63, 3.8) is 0 Å². The Bertz CT molecular complexity index is 249. The van der Waals surface area contributed by atoms with Crippen LogP contribution in [-0.4, -0.2) is 0 Å². The summed E-state index contributed by atoms with van der Waals surface area (Å²) in [5.74, 6) is 0. The average molecular weight is 272 g/mol. The predicted molar refractivity (Wildman–Crippen MR) is 63.3 cm³/mol. The summed E-state index contributed by atoms with van der Waals surface area (Å²) >= 11 is 2.39. The fourth-order valence-electron chi connectivity index (χ4n) is 0.986. The minimum absolute atomic E-state index is 1.17. The Labute approximate surface area is 87.8 Å². The second-order valence-electron chi connectivity index (χ2n) is 2.71. The molecule has 0 atom stereocenters. The Balaban J connectivity index is 2.71. The Hall–Kier alpha value is -0.310. The number of rotatable bonds is 3. The first-order valence-corrected chi connectivity index (χ1v) is 5.33. The van der Waals surface area contributed by atoms with E-state index < -0.39 is 0 Å². The standard InChI is InChI=1S/C11H13I/c1-2-3-9-11(12)10-7-5-4-6-8-10/h4-9H,2-3H2,1H3/b11-9+. The van der Waals surface area contributed by atoms with Gasteiger partial charge in [0.05, 0.1) is 0 Å². The second kappa shape index (κ2) is 5.36. The molecule has 1 aromatic carbocycles. The fourth-order valence-corrected chi connectivity index (χ4v) is 1.66. The minimum Gasteiger partial charge on any atom is -0.0705 e. The normalized spacial score (nSPS) is 11.7. The largest absolute Gasteiger partial charge is 0.0705 e. The summed E-state index contributed by atoms with van der Waals surface area (Å²) in [6.45, 7) is 2.20. The lowest BCUT2D eigenvalue weighted by Crippen LogP contribution is -1.74.